The Labute approximate surface area is 185 Å². The molecule has 0 aliphatic heterocycles. The fourth-order valence-electron chi connectivity index (χ4n) is 3.41. The second-order valence-electron chi connectivity index (χ2n) is 8.28. The number of benzene rings is 2. The van der Waals surface area contributed by atoms with Gasteiger partial charge in [-0.2, -0.15) is 0 Å². The van der Waals surface area contributed by atoms with E-state index in [1.807, 2.05) is 63.2 Å². The molecule has 2 aromatic carbocycles. The van der Waals surface area contributed by atoms with Crippen LogP contribution in [0, 0.1) is 19.8 Å². The van der Waals surface area contributed by atoms with Crippen LogP contribution in [-0.4, -0.2) is 29.3 Å². The molecule has 0 saturated carbocycles. The number of nitrogens with one attached hydrogen (secondary N) is 1. The number of halogens is 1. The summed E-state index contributed by atoms with van der Waals surface area (Å²) in [5.74, 6) is 0.150. The van der Waals surface area contributed by atoms with Gasteiger partial charge in [0.25, 0.3) is 0 Å². The molecular weight excluding hydrogens is 396 g/mol. The summed E-state index contributed by atoms with van der Waals surface area (Å²) in [4.78, 5) is 28.1. The normalized spacial score (nSPS) is 12.0. The van der Waals surface area contributed by atoms with Gasteiger partial charge in [0.2, 0.25) is 11.8 Å². The molecule has 1 atom stereocenters. The van der Waals surface area contributed by atoms with Gasteiger partial charge >= 0.3 is 0 Å². The van der Waals surface area contributed by atoms with Gasteiger partial charge in [-0.05, 0) is 48.9 Å². The number of carbonyl (C=O) groups excluding carboxylic acids is 2. The summed E-state index contributed by atoms with van der Waals surface area (Å²) in [6.45, 7) is 10.9. The molecule has 0 radical (unpaired) electrons. The number of hydrogen-bond donors (Lipinski definition) is 1. The topological polar surface area (TPSA) is 49.4 Å². The minimum atomic E-state index is -0.544. The SMILES string of the molecule is CC[C@@H](C(=O)NCC(C)C)N(Cc1ccccc1Cl)C(=O)Cc1cc(C)ccc1C. The van der Waals surface area contributed by atoms with Crippen LogP contribution in [0.25, 0.3) is 0 Å². The zero-order valence-corrected chi connectivity index (χ0v) is 19.4. The molecule has 2 amide bonds. The van der Waals surface area contributed by atoms with Gasteiger partial charge in [0.1, 0.15) is 6.04 Å². The van der Waals surface area contributed by atoms with Gasteiger partial charge in [-0.15, -0.1) is 0 Å². The highest BCUT2D eigenvalue weighted by atomic mass is 35.5. The predicted octanol–water partition coefficient (Wildman–Crippen LogP) is 5.08. The molecule has 5 heteroatoms. The Kier molecular flexibility index (Phi) is 8.91. The maximum absolute atomic E-state index is 13.4. The maximum atomic E-state index is 13.4. The lowest BCUT2D eigenvalue weighted by molar-refractivity contribution is -0.141. The molecule has 4 nitrogen and oxygen atoms in total. The van der Waals surface area contributed by atoms with Crippen LogP contribution in [0.3, 0.4) is 0 Å². The molecule has 0 bridgehead atoms. The highest BCUT2D eigenvalue weighted by Crippen LogP contribution is 2.21. The first-order valence-electron chi connectivity index (χ1n) is 10.6. The Balaban J connectivity index is 2.33. The highest BCUT2D eigenvalue weighted by molar-refractivity contribution is 6.31. The van der Waals surface area contributed by atoms with Gasteiger partial charge in [-0.25, -0.2) is 0 Å². The molecule has 0 aromatic heterocycles. The lowest BCUT2D eigenvalue weighted by Crippen LogP contribution is -2.50. The molecule has 0 aliphatic carbocycles. The fraction of sp³-hybridized carbons (Fsp3) is 0.440. The van der Waals surface area contributed by atoms with E-state index in [-0.39, 0.29) is 18.2 Å². The largest absolute Gasteiger partial charge is 0.354 e. The van der Waals surface area contributed by atoms with E-state index >= 15 is 0 Å². The Morgan fingerprint density at radius 3 is 2.40 bits per heavy atom. The molecule has 0 spiro atoms. The van der Waals surface area contributed by atoms with Crippen molar-refractivity contribution in [2.75, 3.05) is 6.54 Å². The molecule has 2 rings (SSSR count). The summed E-state index contributed by atoms with van der Waals surface area (Å²) in [5, 5.41) is 3.58. The fourth-order valence-corrected chi connectivity index (χ4v) is 3.60. The van der Waals surface area contributed by atoms with Gasteiger partial charge < -0.3 is 10.2 Å². The van der Waals surface area contributed by atoms with Gasteiger partial charge in [-0.3, -0.25) is 9.59 Å². The molecule has 2 aromatic rings. The lowest BCUT2D eigenvalue weighted by Gasteiger charge is -2.31. The Bertz CT molecular complexity index is 879. The van der Waals surface area contributed by atoms with E-state index in [0.29, 0.717) is 30.5 Å². The number of carbonyl (C=O) groups is 2. The van der Waals surface area contributed by atoms with E-state index in [2.05, 4.69) is 19.2 Å². The third kappa shape index (κ3) is 6.60. The highest BCUT2D eigenvalue weighted by Gasteiger charge is 2.29. The van der Waals surface area contributed by atoms with Crippen molar-refractivity contribution in [1.29, 1.82) is 0 Å². The average Bonchev–Trinajstić information content (AvgIpc) is 2.70. The quantitative estimate of drug-likeness (QED) is 0.605. The van der Waals surface area contributed by atoms with E-state index < -0.39 is 6.04 Å². The number of nitrogens with zero attached hydrogens (tertiary/aromatic N) is 1. The van der Waals surface area contributed by atoms with Crippen LogP contribution in [0.15, 0.2) is 42.5 Å². The summed E-state index contributed by atoms with van der Waals surface area (Å²) < 4.78 is 0. The summed E-state index contributed by atoms with van der Waals surface area (Å²) in [6, 6.07) is 13.0. The molecule has 0 aliphatic rings. The Morgan fingerprint density at radius 2 is 1.77 bits per heavy atom. The first-order valence-corrected chi connectivity index (χ1v) is 11.0. The van der Waals surface area contributed by atoms with Crippen molar-refractivity contribution < 1.29 is 9.59 Å². The molecule has 0 saturated heterocycles. The van der Waals surface area contributed by atoms with Gasteiger partial charge in [0.05, 0.1) is 6.42 Å². The van der Waals surface area contributed by atoms with E-state index in [9.17, 15) is 9.59 Å². The van der Waals surface area contributed by atoms with Crippen LogP contribution < -0.4 is 5.32 Å². The standard InChI is InChI=1S/C25H33ClN2O2/c1-6-23(25(30)27-15-17(2)3)28(16-20-9-7-8-10-22(20)26)24(29)14-21-13-18(4)11-12-19(21)5/h7-13,17,23H,6,14-16H2,1-5H3,(H,27,30)/t23-/m0/s1. The first kappa shape index (κ1) is 23.9. The van der Waals surface area contributed by atoms with Crippen molar-refractivity contribution in [3.05, 3.63) is 69.7 Å². The van der Waals surface area contributed by atoms with Crippen molar-refractivity contribution in [3.63, 3.8) is 0 Å². The van der Waals surface area contributed by atoms with Crippen LogP contribution in [0.4, 0.5) is 0 Å². The summed E-state index contributed by atoms with van der Waals surface area (Å²) in [5.41, 5.74) is 4.01. The van der Waals surface area contributed by atoms with Crippen molar-refractivity contribution >= 4 is 23.4 Å². The van der Waals surface area contributed by atoms with E-state index in [1.165, 1.54) is 0 Å². The zero-order chi connectivity index (χ0) is 22.3. The molecule has 162 valence electrons. The number of rotatable bonds is 9. The van der Waals surface area contributed by atoms with Crippen LogP contribution >= 0.6 is 11.6 Å². The average molecular weight is 429 g/mol. The molecule has 0 heterocycles. The van der Waals surface area contributed by atoms with Crippen LogP contribution in [-0.2, 0) is 22.6 Å². The molecule has 30 heavy (non-hydrogen) atoms. The summed E-state index contributed by atoms with van der Waals surface area (Å²) in [7, 11) is 0. The summed E-state index contributed by atoms with van der Waals surface area (Å²) >= 11 is 6.37. The van der Waals surface area contributed by atoms with Crippen LogP contribution in [0.5, 0.6) is 0 Å². The van der Waals surface area contributed by atoms with E-state index in [0.717, 1.165) is 22.3 Å². The Morgan fingerprint density at radius 1 is 1.07 bits per heavy atom. The monoisotopic (exact) mass is 428 g/mol. The summed E-state index contributed by atoms with van der Waals surface area (Å²) in [6.07, 6.45) is 0.791. The first-order chi connectivity index (χ1) is 14.2. The third-order valence-corrected chi connectivity index (χ3v) is 5.58. The number of amides is 2. The second kappa shape index (κ2) is 11.2. The van der Waals surface area contributed by atoms with Crippen molar-refractivity contribution in [3.8, 4) is 0 Å². The minimum Gasteiger partial charge on any atom is -0.354 e. The van der Waals surface area contributed by atoms with E-state index in [4.69, 9.17) is 11.6 Å². The third-order valence-electron chi connectivity index (χ3n) is 5.22. The van der Waals surface area contributed by atoms with Crippen LogP contribution in [0.2, 0.25) is 5.02 Å². The van der Waals surface area contributed by atoms with Crippen molar-refractivity contribution in [1.82, 2.24) is 10.2 Å². The molecule has 0 fully saturated rings. The lowest BCUT2D eigenvalue weighted by atomic mass is 10.0. The van der Waals surface area contributed by atoms with Gasteiger partial charge in [0, 0.05) is 18.1 Å². The number of aryl methyl sites for hydroxylation is 2. The van der Waals surface area contributed by atoms with Gasteiger partial charge in [0.15, 0.2) is 0 Å². The number of hydrogen-bond acceptors (Lipinski definition) is 2. The van der Waals surface area contributed by atoms with Crippen molar-refractivity contribution in [2.24, 2.45) is 5.92 Å². The second-order valence-corrected chi connectivity index (χ2v) is 8.69. The molecular formula is C25H33ClN2O2. The molecule has 1 N–H and O–H groups in total. The predicted molar refractivity (Wildman–Crippen MR) is 124 cm³/mol. The molecule has 0 unspecified atom stereocenters. The smallest absolute Gasteiger partial charge is 0.242 e. The van der Waals surface area contributed by atoms with Crippen molar-refractivity contribution in [2.45, 2.75) is 60.0 Å². The van der Waals surface area contributed by atoms with Crippen LogP contribution in [0.1, 0.15) is 49.4 Å². The Hall–Kier alpha value is -2.33. The maximum Gasteiger partial charge on any atom is 0.242 e. The van der Waals surface area contributed by atoms with E-state index in [1.54, 1.807) is 4.90 Å². The van der Waals surface area contributed by atoms with Gasteiger partial charge in [-0.1, -0.05) is 74.3 Å². The zero-order valence-electron chi connectivity index (χ0n) is 18.7. The minimum absolute atomic E-state index is 0.0739.